The molecule has 230 valence electrons. The van der Waals surface area contributed by atoms with Crippen molar-refractivity contribution in [2.45, 2.75) is 76.5 Å². The van der Waals surface area contributed by atoms with Crippen LogP contribution in [-0.2, 0) is 32.0 Å². The highest BCUT2D eigenvalue weighted by Gasteiger charge is 2.32. The first-order chi connectivity index (χ1) is 19.9. The number of aliphatic carboxylic acids is 1. The zero-order chi connectivity index (χ0) is 31.2. The van der Waals surface area contributed by atoms with Gasteiger partial charge in [0.05, 0.1) is 6.04 Å². The maximum absolute atomic E-state index is 13.5. The quantitative estimate of drug-likeness (QED) is 0.124. The van der Waals surface area contributed by atoms with E-state index in [-0.39, 0.29) is 36.7 Å². The molecule has 0 fully saturated rings. The van der Waals surface area contributed by atoms with Crippen molar-refractivity contribution < 1.29 is 34.5 Å². The summed E-state index contributed by atoms with van der Waals surface area (Å²) >= 11 is 0. The van der Waals surface area contributed by atoms with Crippen molar-refractivity contribution in [3.63, 3.8) is 0 Å². The lowest BCUT2D eigenvalue weighted by Gasteiger charge is -2.28. The summed E-state index contributed by atoms with van der Waals surface area (Å²) in [6.45, 7) is 4.02. The first-order valence-electron chi connectivity index (χ1n) is 14.1. The second-order valence-electron chi connectivity index (χ2n) is 10.5. The van der Waals surface area contributed by atoms with Crippen molar-refractivity contribution in [2.75, 3.05) is 6.54 Å². The Kier molecular flexibility index (Phi) is 13.7. The predicted molar refractivity (Wildman–Crippen MR) is 157 cm³/mol. The standard InChI is InChI=1S/C30H43N5O7/c1-3-18(2)26(35-27(38)23(32)16-19-7-11-21(36)12-8-19)29(40)34-25(17-20-9-13-22(37)14-10-20)28(39)33-24(30(41)42)6-4-5-15-31/h7-14,18,23-26,36-37H,3-6,15-17,31-32H2,1-2H3,(H,33,39)(H,34,40)(H,35,38)(H,41,42)/t18-,23-,24-,25-,26-/m0/s1. The summed E-state index contributed by atoms with van der Waals surface area (Å²) in [6, 6.07) is 7.98. The number of aromatic hydroxyl groups is 2. The molecule has 42 heavy (non-hydrogen) atoms. The SMILES string of the molecule is CC[C@H](C)[C@H](NC(=O)[C@@H](N)Cc1ccc(O)cc1)C(=O)N[C@@H](Cc1ccc(O)cc1)C(=O)N[C@@H](CCCCN)C(=O)O. The highest BCUT2D eigenvalue weighted by molar-refractivity contribution is 5.94. The molecule has 2 aromatic carbocycles. The average molecular weight is 586 g/mol. The van der Waals surface area contributed by atoms with Gasteiger partial charge in [-0.3, -0.25) is 14.4 Å². The van der Waals surface area contributed by atoms with E-state index in [9.17, 15) is 34.5 Å². The molecule has 0 heterocycles. The monoisotopic (exact) mass is 585 g/mol. The highest BCUT2D eigenvalue weighted by Crippen LogP contribution is 2.15. The molecule has 12 heteroatoms. The fourth-order valence-electron chi connectivity index (χ4n) is 4.30. The van der Waals surface area contributed by atoms with Crippen molar-refractivity contribution in [1.29, 1.82) is 0 Å². The predicted octanol–water partition coefficient (Wildman–Crippen LogP) is 0.924. The number of carboxylic acid groups (broad SMARTS) is 1. The third kappa shape index (κ3) is 11.0. The lowest BCUT2D eigenvalue weighted by atomic mass is 9.96. The van der Waals surface area contributed by atoms with Gasteiger partial charge in [-0.15, -0.1) is 0 Å². The Morgan fingerprint density at radius 3 is 1.79 bits per heavy atom. The van der Waals surface area contributed by atoms with Crippen LogP contribution >= 0.6 is 0 Å². The van der Waals surface area contributed by atoms with Crippen LogP contribution < -0.4 is 27.4 Å². The van der Waals surface area contributed by atoms with Crippen LogP contribution in [0.15, 0.2) is 48.5 Å². The second-order valence-corrected chi connectivity index (χ2v) is 10.5. The van der Waals surface area contributed by atoms with E-state index in [1.807, 2.05) is 6.92 Å². The fraction of sp³-hybridized carbons (Fsp3) is 0.467. The van der Waals surface area contributed by atoms with Crippen LogP contribution in [0, 0.1) is 5.92 Å². The number of unbranched alkanes of at least 4 members (excludes halogenated alkanes) is 1. The fourth-order valence-corrected chi connectivity index (χ4v) is 4.30. The second kappa shape index (κ2) is 16.9. The number of nitrogens with two attached hydrogens (primary N) is 2. The van der Waals surface area contributed by atoms with Gasteiger partial charge in [-0.25, -0.2) is 4.79 Å². The van der Waals surface area contributed by atoms with Crippen LogP contribution in [0.2, 0.25) is 0 Å². The molecule has 0 spiro atoms. The first-order valence-corrected chi connectivity index (χ1v) is 14.1. The summed E-state index contributed by atoms with van der Waals surface area (Å²) in [6.07, 6.45) is 1.97. The lowest BCUT2D eigenvalue weighted by Crippen LogP contribution is -2.59. The molecule has 2 aromatic rings. The minimum absolute atomic E-state index is 0.00846. The number of phenols is 2. The van der Waals surface area contributed by atoms with Gasteiger partial charge in [0.2, 0.25) is 17.7 Å². The van der Waals surface area contributed by atoms with E-state index >= 15 is 0 Å². The van der Waals surface area contributed by atoms with Gasteiger partial charge in [-0.1, -0.05) is 44.5 Å². The summed E-state index contributed by atoms with van der Waals surface area (Å²) in [7, 11) is 0. The molecule has 2 rings (SSSR count). The number of carboxylic acids is 1. The minimum atomic E-state index is -1.21. The van der Waals surface area contributed by atoms with Crippen LogP contribution in [-0.4, -0.2) is 69.7 Å². The maximum atomic E-state index is 13.5. The average Bonchev–Trinajstić information content (AvgIpc) is 2.96. The van der Waals surface area contributed by atoms with Gasteiger partial charge in [0.1, 0.15) is 29.6 Å². The number of carbonyl (C=O) groups is 4. The van der Waals surface area contributed by atoms with Crippen LogP contribution in [0.5, 0.6) is 11.5 Å². The van der Waals surface area contributed by atoms with E-state index < -0.39 is 47.9 Å². The molecule has 5 atom stereocenters. The maximum Gasteiger partial charge on any atom is 0.326 e. The Labute approximate surface area is 245 Å². The molecule has 0 saturated carbocycles. The molecule has 0 radical (unpaired) electrons. The van der Waals surface area contributed by atoms with Gasteiger partial charge in [-0.05, 0) is 73.5 Å². The molecule has 0 unspecified atom stereocenters. The van der Waals surface area contributed by atoms with E-state index in [0.29, 0.717) is 31.4 Å². The van der Waals surface area contributed by atoms with Gasteiger partial charge in [0.15, 0.2) is 0 Å². The van der Waals surface area contributed by atoms with Gasteiger partial charge in [0, 0.05) is 6.42 Å². The van der Waals surface area contributed by atoms with Crippen LogP contribution in [0.4, 0.5) is 0 Å². The Morgan fingerprint density at radius 2 is 1.29 bits per heavy atom. The molecule has 0 bridgehead atoms. The first kappa shape index (κ1) is 34.0. The summed E-state index contributed by atoms with van der Waals surface area (Å²) in [5, 5.41) is 36.7. The number of amides is 3. The van der Waals surface area contributed by atoms with E-state index in [0.717, 1.165) is 5.56 Å². The van der Waals surface area contributed by atoms with E-state index in [1.165, 1.54) is 24.3 Å². The molecule has 0 aliphatic rings. The molecule has 10 N–H and O–H groups in total. The molecule has 3 amide bonds. The largest absolute Gasteiger partial charge is 0.508 e. The molecular weight excluding hydrogens is 542 g/mol. The summed E-state index contributed by atoms with van der Waals surface area (Å²) in [4.78, 5) is 51.7. The number of phenolic OH excluding ortho intramolecular Hbond substituents is 2. The Bertz CT molecular complexity index is 1170. The zero-order valence-electron chi connectivity index (χ0n) is 24.1. The van der Waals surface area contributed by atoms with Crippen molar-refractivity contribution >= 4 is 23.7 Å². The molecular formula is C30H43N5O7. The third-order valence-corrected chi connectivity index (χ3v) is 7.09. The molecule has 12 nitrogen and oxygen atoms in total. The van der Waals surface area contributed by atoms with Gasteiger partial charge in [0.25, 0.3) is 0 Å². The Morgan fingerprint density at radius 1 is 0.762 bits per heavy atom. The molecule has 0 aromatic heterocycles. The summed E-state index contributed by atoms with van der Waals surface area (Å²) < 4.78 is 0. The van der Waals surface area contributed by atoms with Crippen molar-refractivity contribution in [1.82, 2.24) is 16.0 Å². The number of nitrogens with one attached hydrogen (secondary N) is 3. The normalized spacial score (nSPS) is 14.6. The van der Waals surface area contributed by atoms with Gasteiger partial charge in [-0.2, -0.15) is 0 Å². The number of hydrogen-bond donors (Lipinski definition) is 8. The minimum Gasteiger partial charge on any atom is -0.508 e. The van der Waals surface area contributed by atoms with Crippen molar-refractivity contribution in [2.24, 2.45) is 17.4 Å². The van der Waals surface area contributed by atoms with E-state index in [4.69, 9.17) is 11.5 Å². The number of carbonyl (C=O) groups excluding carboxylic acids is 3. The van der Waals surface area contributed by atoms with Crippen molar-refractivity contribution in [3.05, 3.63) is 59.7 Å². The third-order valence-electron chi connectivity index (χ3n) is 7.09. The van der Waals surface area contributed by atoms with Crippen LogP contribution in [0.3, 0.4) is 0 Å². The van der Waals surface area contributed by atoms with Crippen LogP contribution in [0.25, 0.3) is 0 Å². The highest BCUT2D eigenvalue weighted by atomic mass is 16.4. The Balaban J connectivity index is 2.22. The smallest absolute Gasteiger partial charge is 0.326 e. The number of benzene rings is 2. The van der Waals surface area contributed by atoms with E-state index in [1.54, 1.807) is 31.2 Å². The number of hydrogen-bond acceptors (Lipinski definition) is 8. The summed E-state index contributed by atoms with van der Waals surface area (Å²) in [5.41, 5.74) is 13.0. The summed E-state index contributed by atoms with van der Waals surface area (Å²) in [5.74, 6) is -3.30. The van der Waals surface area contributed by atoms with Gasteiger partial charge >= 0.3 is 5.97 Å². The van der Waals surface area contributed by atoms with Gasteiger partial charge < -0.3 is 42.7 Å². The zero-order valence-corrected chi connectivity index (χ0v) is 24.1. The van der Waals surface area contributed by atoms with Crippen LogP contribution in [0.1, 0.15) is 50.7 Å². The number of rotatable bonds is 17. The molecule has 0 saturated heterocycles. The van der Waals surface area contributed by atoms with Crippen molar-refractivity contribution in [3.8, 4) is 11.5 Å². The molecule has 0 aliphatic heterocycles. The Hall–Kier alpha value is -4.16. The molecule has 0 aliphatic carbocycles. The lowest BCUT2D eigenvalue weighted by molar-refractivity contribution is -0.142. The topological polar surface area (TPSA) is 217 Å². The van der Waals surface area contributed by atoms with E-state index in [2.05, 4.69) is 16.0 Å².